The highest BCUT2D eigenvalue weighted by Crippen LogP contribution is 2.39. The molecule has 1 heterocycles. The average molecular weight is 408 g/mol. The normalized spacial score (nSPS) is 12.2. The number of carbonyl (C=O) groups excluding carboxylic acids is 1. The molecule has 0 aliphatic rings. The second-order valence-corrected chi connectivity index (χ2v) is 7.19. The van der Waals surface area contributed by atoms with Crippen LogP contribution >= 0.6 is 0 Å². The minimum atomic E-state index is -0.346. The number of ether oxygens (including phenoxy) is 1. The maximum absolute atomic E-state index is 12.1. The van der Waals surface area contributed by atoms with Crippen LogP contribution in [0.3, 0.4) is 0 Å². The number of hydrogen-bond donors (Lipinski definition) is 0. The van der Waals surface area contributed by atoms with Gasteiger partial charge in [-0.1, -0.05) is 84.9 Å². The zero-order valence-corrected chi connectivity index (χ0v) is 17.6. The van der Waals surface area contributed by atoms with Crippen LogP contribution in [-0.2, 0) is 9.53 Å². The van der Waals surface area contributed by atoms with Crippen molar-refractivity contribution in [1.29, 1.82) is 0 Å². The van der Waals surface area contributed by atoms with Crippen LogP contribution in [0.2, 0.25) is 0 Å². The maximum atomic E-state index is 12.1. The van der Waals surface area contributed by atoms with Gasteiger partial charge in [-0.2, -0.15) is 0 Å². The largest absolute Gasteiger partial charge is 0.463 e. The third-order valence-corrected chi connectivity index (χ3v) is 5.31. The Morgan fingerprint density at radius 2 is 1.61 bits per heavy atom. The van der Waals surface area contributed by atoms with Crippen molar-refractivity contribution in [2.75, 3.05) is 6.61 Å². The van der Waals surface area contributed by atoms with E-state index in [1.807, 2.05) is 67.6 Å². The first kappa shape index (κ1) is 20.4. The predicted octanol–water partition coefficient (Wildman–Crippen LogP) is 6.66. The summed E-state index contributed by atoms with van der Waals surface area (Å²) in [5.74, 6) is -0.346. The molecule has 0 aliphatic heterocycles. The molecular weight excluding hydrogens is 382 g/mol. The van der Waals surface area contributed by atoms with Gasteiger partial charge in [-0.3, -0.25) is 0 Å². The fourth-order valence-corrected chi connectivity index (χ4v) is 4.02. The van der Waals surface area contributed by atoms with Crippen molar-refractivity contribution < 1.29 is 9.53 Å². The lowest BCUT2D eigenvalue weighted by atomic mass is 10.0. The van der Waals surface area contributed by atoms with Crippen LogP contribution < -0.4 is 0 Å². The molecule has 0 saturated carbocycles. The smallest absolute Gasteiger partial charge is 0.330 e. The average Bonchev–Trinajstić information content (AvgIpc) is 3.14. The number of nitrogens with zero attached hydrogens (tertiary/aromatic N) is 1. The van der Waals surface area contributed by atoms with Crippen LogP contribution in [0, 0.1) is 0 Å². The lowest BCUT2D eigenvalue weighted by molar-refractivity contribution is -0.137. The molecule has 0 aliphatic carbocycles. The minimum absolute atomic E-state index is 0.0638. The Balaban J connectivity index is 2.03. The van der Waals surface area contributed by atoms with Gasteiger partial charge in [0, 0.05) is 22.5 Å². The Hall–Kier alpha value is -3.85. The highest BCUT2D eigenvalue weighted by atomic mass is 16.5. The van der Waals surface area contributed by atoms with E-state index in [0.717, 1.165) is 33.3 Å². The second kappa shape index (κ2) is 9.31. The van der Waals surface area contributed by atoms with Gasteiger partial charge in [0.15, 0.2) is 0 Å². The number of benzene rings is 3. The molecule has 3 nitrogen and oxygen atoms in total. The molecule has 3 heteroatoms. The van der Waals surface area contributed by atoms with Crippen molar-refractivity contribution in [1.82, 2.24) is 4.57 Å². The first-order valence-corrected chi connectivity index (χ1v) is 10.4. The Morgan fingerprint density at radius 1 is 0.968 bits per heavy atom. The van der Waals surface area contributed by atoms with Crippen LogP contribution in [0.25, 0.3) is 28.2 Å². The molecule has 0 fully saturated rings. The van der Waals surface area contributed by atoms with Crippen LogP contribution in [0.1, 0.15) is 24.1 Å². The van der Waals surface area contributed by atoms with Crippen LogP contribution in [0.15, 0.2) is 104 Å². The number of fused-ring (bicyclic) bond motifs is 1. The molecule has 0 spiro atoms. The monoisotopic (exact) mass is 407 g/mol. The highest BCUT2D eigenvalue weighted by Gasteiger charge is 2.22. The third-order valence-electron chi connectivity index (χ3n) is 5.31. The maximum Gasteiger partial charge on any atom is 0.330 e. The van der Waals surface area contributed by atoms with Crippen molar-refractivity contribution in [3.8, 4) is 11.3 Å². The number of hydrogen-bond acceptors (Lipinski definition) is 2. The zero-order valence-electron chi connectivity index (χ0n) is 17.6. The summed E-state index contributed by atoms with van der Waals surface area (Å²) in [5, 5.41) is 1.07. The second-order valence-electron chi connectivity index (χ2n) is 7.19. The summed E-state index contributed by atoms with van der Waals surface area (Å²) in [6, 6.07) is 28.8. The van der Waals surface area contributed by atoms with Crippen molar-refractivity contribution in [3.05, 3.63) is 115 Å². The number of rotatable bonds is 7. The Labute approximate surface area is 182 Å². The van der Waals surface area contributed by atoms with E-state index in [-0.39, 0.29) is 12.0 Å². The summed E-state index contributed by atoms with van der Waals surface area (Å²) in [7, 11) is 0. The van der Waals surface area contributed by atoms with Crippen molar-refractivity contribution in [2.45, 2.75) is 13.0 Å². The molecule has 3 aromatic carbocycles. The van der Waals surface area contributed by atoms with Crippen LogP contribution in [0.5, 0.6) is 0 Å². The molecular formula is C28H25NO2. The number of para-hydroxylation sites is 1. The van der Waals surface area contributed by atoms with E-state index in [4.69, 9.17) is 4.74 Å². The quantitative estimate of drug-likeness (QED) is 0.195. The van der Waals surface area contributed by atoms with E-state index in [1.54, 1.807) is 0 Å². The van der Waals surface area contributed by atoms with Crippen molar-refractivity contribution in [3.63, 3.8) is 0 Å². The molecule has 0 amide bonds. The first-order chi connectivity index (χ1) is 15.2. The predicted molar refractivity (Wildman–Crippen MR) is 128 cm³/mol. The van der Waals surface area contributed by atoms with Crippen molar-refractivity contribution >= 4 is 22.9 Å². The fraction of sp³-hybridized carbons (Fsp3) is 0.107. The molecule has 154 valence electrons. The van der Waals surface area contributed by atoms with Gasteiger partial charge in [-0.05, 0) is 30.2 Å². The molecule has 1 atom stereocenters. The molecule has 0 unspecified atom stereocenters. The van der Waals surface area contributed by atoms with E-state index in [9.17, 15) is 4.79 Å². The van der Waals surface area contributed by atoms with Gasteiger partial charge >= 0.3 is 5.97 Å². The van der Waals surface area contributed by atoms with Gasteiger partial charge < -0.3 is 9.30 Å². The Kier molecular flexibility index (Phi) is 6.13. The van der Waals surface area contributed by atoms with E-state index in [1.165, 1.54) is 6.08 Å². The molecule has 0 N–H and O–H groups in total. The summed E-state index contributed by atoms with van der Waals surface area (Å²) in [5.41, 5.74) is 5.33. The van der Waals surface area contributed by atoms with Crippen molar-refractivity contribution in [2.24, 2.45) is 0 Å². The Bertz CT molecular complexity index is 1220. The van der Waals surface area contributed by atoms with Gasteiger partial charge in [0.25, 0.3) is 0 Å². The fourth-order valence-electron chi connectivity index (χ4n) is 4.02. The zero-order chi connectivity index (χ0) is 21.6. The standard InChI is InChI=1S/C28H25NO2/c1-3-25(21-13-7-5-8-14-21)29-26-18-12-11-17-23(26)24(19-20-27(30)31-4-2)28(29)22-15-9-6-10-16-22/h3,5-20,25H,1,4H2,2H3/b20-19+/t25-/m0/s1. The number of carbonyl (C=O) groups is 1. The molecule has 4 rings (SSSR count). The lowest BCUT2D eigenvalue weighted by Gasteiger charge is -2.21. The summed E-state index contributed by atoms with van der Waals surface area (Å²) < 4.78 is 7.42. The molecule has 31 heavy (non-hydrogen) atoms. The van der Waals surface area contributed by atoms with Gasteiger partial charge in [0.05, 0.1) is 18.3 Å². The summed E-state index contributed by atoms with van der Waals surface area (Å²) >= 11 is 0. The van der Waals surface area contributed by atoms with Gasteiger partial charge in [0.1, 0.15) is 0 Å². The van der Waals surface area contributed by atoms with E-state index in [2.05, 4.69) is 47.5 Å². The van der Waals surface area contributed by atoms with E-state index >= 15 is 0 Å². The topological polar surface area (TPSA) is 31.2 Å². The third kappa shape index (κ3) is 4.08. The lowest BCUT2D eigenvalue weighted by Crippen LogP contribution is -2.09. The summed E-state index contributed by atoms with van der Waals surface area (Å²) in [6.45, 7) is 6.31. The summed E-state index contributed by atoms with van der Waals surface area (Å²) in [4.78, 5) is 12.1. The Morgan fingerprint density at radius 3 is 2.29 bits per heavy atom. The number of esters is 1. The molecule has 0 bridgehead atoms. The van der Waals surface area contributed by atoms with Gasteiger partial charge in [-0.25, -0.2) is 4.79 Å². The van der Waals surface area contributed by atoms with Crippen LogP contribution in [-0.4, -0.2) is 17.1 Å². The van der Waals surface area contributed by atoms with Gasteiger partial charge in [0.2, 0.25) is 0 Å². The molecule has 4 aromatic rings. The number of allylic oxidation sites excluding steroid dienone is 1. The minimum Gasteiger partial charge on any atom is -0.463 e. The molecule has 0 radical (unpaired) electrons. The first-order valence-electron chi connectivity index (χ1n) is 10.4. The molecule has 1 aromatic heterocycles. The van der Waals surface area contributed by atoms with E-state index in [0.29, 0.717) is 6.61 Å². The molecule has 0 saturated heterocycles. The number of aromatic nitrogens is 1. The van der Waals surface area contributed by atoms with Gasteiger partial charge in [-0.15, -0.1) is 6.58 Å². The SMILES string of the molecule is C=C[C@@H](c1ccccc1)n1c(-c2ccccc2)c(/C=C/C(=O)OCC)c2ccccc21. The van der Waals surface area contributed by atoms with E-state index < -0.39 is 0 Å². The van der Waals surface area contributed by atoms with Crippen LogP contribution in [0.4, 0.5) is 0 Å². The highest BCUT2D eigenvalue weighted by molar-refractivity contribution is 6.00. The summed E-state index contributed by atoms with van der Waals surface area (Å²) in [6.07, 6.45) is 5.34.